The molecule has 7 heteroatoms. The molecule has 0 aliphatic carbocycles. The Balaban J connectivity index is 2.21. The number of ether oxygens (including phenoxy) is 2. The Morgan fingerprint density at radius 3 is 2.00 bits per heavy atom. The third-order valence-electron chi connectivity index (χ3n) is 3.45. The van der Waals surface area contributed by atoms with Gasteiger partial charge in [0, 0.05) is 6.20 Å². The van der Waals surface area contributed by atoms with Crippen LogP contribution in [0.3, 0.4) is 0 Å². The lowest BCUT2D eigenvalue weighted by atomic mass is 10.2. The number of carbonyl (C=O) groups excluding carboxylic acids is 2. The molecule has 160 valence electrons. The van der Waals surface area contributed by atoms with Crippen molar-refractivity contribution in [1.82, 2.24) is 10.4 Å². The highest BCUT2D eigenvalue weighted by atomic mass is 16.6. The Morgan fingerprint density at radius 1 is 0.867 bits per heavy atom. The molecule has 1 heterocycles. The van der Waals surface area contributed by atoms with E-state index < -0.39 is 23.4 Å². The maximum Gasteiger partial charge on any atom is 0.435 e. The van der Waals surface area contributed by atoms with Crippen LogP contribution in [-0.4, -0.2) is 28.4 Å². The zero-order valence-corrected chi connectivity index (χ0v) is 18.3. The molecule has 0 saturated carbocycles. The standard InChI is InChI=1S/C23H29N3O4/c1-22(2,3)29-20(27)25-26(21(28)30-23(4,5)6)19-15-14-18(16-24-19)13-12-17-10-8-7-9-11-17/h7-16H,1-6H3,(H,25,27)/b13-12+. The highest BCUT2D eigenvalue weighted by molar-refractivity contribution is 5.89. The number of hydrazine groups is 1. The molecule has 0 atom stereocenters. The Morgan fingerprint density at radius 2 is 1.47 bits per heavy atom. The largest absolute Gasteiger partial charge is 0.443 e. The molecule has 0 aliphatic heterocycles. The van der Waals surface area contributed by atoms with Gasteiger partial charge in [0.25, 0.3) is 0 Å². The van der Waals surface area contributed by atoms with Gasteiger partial charge in [-0.3, -0.25) is 0 Å². The number of rotatable bonds is 3. The first-order chi connectivity index (χ1) is 13.9. The lowest BCUT2D eigenvalue weighted by Gasteiger charge is -2.28. The minimum atomic E-state index is -0.789. The molecule has 0 radical (unpaired) electrons. The molecule has 0 fully saturated rings. The van der Waals surface area contributed by atoms with Crippen LogP contribution in [0.2, 0.25) is 0 Å². The number of nitrogens with zero attached hydrogens (tertiary/aromatic N) is 2. The van der Waals surface area contributed by atoms with E-state index in [9.17, 15) is 9.59 Å². The van der Waals surface area contributed by atoms with Crippen LogP contribution in [0.5, 0.6) is 0 Å². The van der Waals surface area contributed by atoms with E-state index in [1.165, 1.54) is 0 Å². The number of carbonyl (C=O) groups is 2. The zero-order chi connectivity index (χ0) is 22.4. The van der Waals surface area contributed by atoms with Crippen LogP contribution in [0.15, 0.2) is 48.7 Å². The quantitative estimate of drug-likeness (QED) is 0.681. The molecule has 0 spiro atoms. The van der Waals surface area contributed by atoms with E-state index in [4.69, 9.17) is 9.47 Å². The molecule has 1 aromatic heterocycles. The second-order valence-electron chi connectivity index (χ2n) is 8.62. The van der Waals surface area contributed by atoms with Crippen LogP contribution in [0.1, 0.15) is 52.7 Å². The maximum atomic E-state index is 12.6. The summed E-state index contributed by atoms with van der Waals surface area (Å²) >= 11 is 0. The van der Waals surface area contributed by atoms with Gasteiger partial charge in [0.2, 0.25) is 0 Å². The van der Waals surface area contributed by atoms with Gasteiger partial charge in [0.1, 0.15) is 11.2 Å². The van der Waals surface area contributed by atoms with Crippen molar-refractivity contribution in [2.75, 3.05) is 5.01 Å². The Bertz CT molecular complexity index is 879. The molecule has 2 aromatic rings. The second-order valence-corrected chi connectivity index (χ2v) is 8.62. The van der Waals surface area contributed by atoms with Crippen molar-refractivity contribution in [3.63, 3.8) is 0 Å². The fourth-order valence-corrected chi connectivity index (χ4v) is 2.28. The van der Waals surface area contributed by atoms with E-state index in [0.29, 0.717) is 0 Å². The molecule has 2 amide bonds. The third kappa shape index (κ3) is 7.95. The van der Waals surface area contributed by atoms with E-state index in [2.05, 4.69) is 10.4 Å². The van der Waals surface area contributed by atoms with Crippen molar-refractivity contribution >= 4 is 30.2 Å². The first kappa shape index (κ1) is 22.9. The minimum Gasteiger partial charge on any atom is -0.443 e. The van der Waals surface area contributed by atoms with Crippen molar-refractivity contribution in [2.24, 2.45) is 0 Å². The van der Waals surface area contributed by atoms with Gasteiger partial charge in [-0.05, 0) is 64.8 Å². The van der Waals surface area contributed by atoms with Crippen LogP contribution < -0.4 is 10.4 Å². The van der Waals surface area contributed by atoms with Gasteiger partial charge in [-0.2, -0.15) is 5.01 Å². The summed E-state index contributed by atoms with van der Waals surface area (Å²) in [5.74, 6) is 0.201. The number of anilines is 1. The predicted octanol–water partition coefficient (Wildman–Crippen LogP) is 5.43. The molecular formula is C23H29N3O4. The molecule has 0 aliphatic rings. The molecule has 1 N–H and O–H groups in total. The number of pyridine rings is 1. The van der Waals surface area contributed by atoms with Gasteiger partial charge in [-0.1, -0.05) is 42.5 Å². The monoisotopic (exact) mass is 411 g/mol. The van der Waals surface area contributed by atoms with Crippen molar-refractivity contribution in [1.29, 1.82) is 0 Å². The first-order valence-corrected chi connectivity index (χ1v) is 9.65. The van der Waals surface area contributed by atoms with Crippen LogP contribution in [-0.2, 0) is 9.47 Å². The fourth-order valence-electron chi connectivity index (χ4n) is 2.28. The second kappa shape index (κ2) is 9.43. The fraction of sp³-hybridized carbons (Fsp3) is 0.348. The number of amides is 2. The van der Waals surface area contributed by atoms with Crippen LogP contribution in [0.25, 0.3) is 12.2 Å². The molecule has 0 unspecified atom stereocenters. The van der Waals surface area contributed by atoms with Gasteiger partial charge < -0.3 is 9.47 Å². The molecule has 7 nitrogen and oxygen atoms in total. The van der Waals surface area contributed by atoms with E-state index in [1.54, 1.807) is 59.9 Å². The molecule has 2 rings (SSSR count). The van der Waals surface area contributed by atoms with Crippen LogP contribution in [0, 0.1) is 0 Å². The normalized spacial score (nSPS) is 11.8. The first-order valence-electron chi connectivity index (χ1n) is 9.65. The summed E-state index contributed by atoms with van der Waals surface area (Å²) in [5.41, 5.74) is 2.84. The number of hydrogen-bond donors (Lipinski definition) is 1. The maximum absolute atomic E-state index is 12.6. The molecule has 1 aromatic carbocycles. The Labute approximate surface area is 177 Å². The number of aromatic nitrogens is 1. The van der Waals surface area contributed by atoms with Gasteiger partial charge >= 0.3 is 12.2 Å². The van der Waals surface area contributed by atoms with Crippen molar-refractivity contribution in [3.05, 3.63) is 59.8 Å². The minimum absolute atomic E-state index is 0.201. The molecule has 0 bridgehead atoms. The molecular weight excluding hydrogens is 382 g/mol. The summed E-state index contributed by atoms with van der Waals surface area (Å²) in [4.78, 5) is 29.1. The lowest BCUT2D eigenvalue weighted by Crippen LogP contribution is -2.50. The summed E-state index contributed by atoms with van der Waals surface area (Å²) in [7, 11) is 0. The number of hydrogen-bond acceptors (Lipinski definition) is 5. The highest BCUT2D eigenvalue weighted by Crippen LogP contribution is 2.17. The van der Waals surface area contributed by atoms with Crippen molar-refractivity contribution in [3.8, 4) is 0 Å². The molecule has 0 saturated heterocycles. The third-order valence-corrected chi connectivity index (χ3v) is 3.45. The van der Waals surface area contributed by atoms with E-state index >= 15 is 0 Å². The summed E-state index contributed by atoms with van der Waals surface area (Å²) in [6.45, 7) is 10.4. The average molecular weight is 412 g/mol. The van der Waals surface area contributed by atoms with Gasteiger partial charge in [0.15, 0.2) is 5.82 Å². The SMILES string of the molecule is CC(C)(C)OC(=O)NN(C(=O)OC(C)(C)C)c1ccc(/C=C/c2ccccc2)cn1. The average Bonchev–Trinajstić information content (AvgIpc) is 2.63. The van der Waals surface area contributed by atoms with Gasteiger partial charge in [0.05, 0.1) is 0 Å². The highest BCUT2D eigenvalue weighted by Gasteiger charge is 2.28. The summed E-state index contributed by atoms with van der Waals surface area (Å²) in [6.07, 6.45) is 3.91. The Hall–Kier alpha value is -3.35. The van der Waals surface area contributed by atoms with E-state index in [0.717, 1.165) is 16.1 Å². The van der Waals surface area contributed by atoms with E-state index in [-0.39, 0.29) is 5.82 Å². The lowest BCUT2D eigenvalue weighted by molar-refractivity contribution is 0.0424. The van der Waals surface area contributed by atoms with Crippen LogP contribution in [0.4, 0.5) is 15.4 Å². The summed E-state index contributed by atoms with van der Waals surface area (Å²) < 4.78 is 10.6. The van der Waals surface area contributed by atoms with Gasteiger partial charge in [-0.25, -0.2) is 20.0 Å². The zero-order valence-electron chi connectivity index (χ0n) is 18.3. The predicted molar refractivity (Wildman–Crippen MR) is 118 cm³/mol. The van der Waals surface area contributed by atoms with Gasteiger partial charge in [-0.15, -0.1) is 0 Å². The molecule has 30 heavy (non-hydrogen) atoms. The van der Waals surface area contributed by atoms with Crippen molar-refractivity contribution < 1.29 is 19.1 Å². The number of benzene rings is 1. The number of nitrogens with one attached hydrogen (secondary N) is 1. The Kier molecular flexibility index (Phi) is 7.21. The smallest absolute Gasteiger partial charge is 0.435 e. The summed E-state index contributed by atoms with van der Waals surface area (Å²) in [6, 6.07) is 13.3. The van der Waals surface area contributed by atoms with Crippen LogP contribution >= 0.6 is 0 Å². The topological polar surface area (TPSA) is 80.8 Å². The summed E-state index contributed by atoms with van der Waals surface area (Å²) in [5, 5.41) is 0.935. The van der Waals surface area contributed by atoms with E-state index in [1.807, 2.05) is 42.5 Å². The van der Waals surface area contributed by atoms with Crippen molar-refractivity contribution in [2.45, 2.75) is 52.7 Å².